The lowest BCUT2D eigenvalue weighted by Gasteiger charge is -2.14. The summed E-state index contributed by atoms with van der Waals surface area (Å²) in [6.07, 6.45) is 0. The van der Waals surface area contributed by atoms with Crippen LogP contribution in [0.15, 0.2) is 29.3 Å². The summed E-state index contributed by atoms with van der Waals surface area (Å²) in [5.74, 6) is 0. The molecule has 2 rings (SSSR count). The van der Waals surface area contributed by atoms with Crippen LogP contribution in [0.3, 0.4) is 0 Å². The van der Waals surface area contributed by atoms with Crippen LogP contribution in [0.25, 0.3) is 9.46 Å². The van der Waals surface area contributed by atoms with Gasteiger partial charge in [0.2, 0.25) is 5.39 Å². The van der Waals surface area contributed by atoms with Crippen LogP contribution >= 0.6 is 15.9 Å². The predicted octanol–water partition coefficient (Wildman–Crippen LogP) is 2.32. The fraction of sp³-hybridized carbons (Fsp3) is 0.300. The Morgan fingerprint density at radius 2 is 1.90 bits per heavy atom. The van der Waals surface area contributed by atoms with Crippen molar-refractivity contribution in [3.8, 4) is 0 Å². The minimum atomic E-state index is -6.00. The molecule has 1 heterocycles. The van der Waals surface area contributed by atoms with E-state index in [1.54, 1.807) is 0 Å². The van der Waals surface area contributed by atoms with Gasteiger partial charge in [-0.3, -0.25) is 9.73 Å². The van der Waals surface area contributed by atoms with Gasteiger partial charge >= 0.3 is 13.0 Å². The van der Waals surface area contributed by atoms with Crippen LogP contribution in [-0.2, 0) is 4.74 Å². The smallest absolute Gasteiger partial charge is 0.418 e. The molecule has 0 N–H and O–H groups in total. The number of halogens is 5. The minimum absolute atomic E-state index is 0.275. The first kappa shape index (κ1) is 16.6. The molecule has 1 atom stereocenters. The predicted molar refractivity (Wildman–Crippen MR) is 69.4 cm³/mol. The van der Waals surface area contributed by atoms with Crippen molar-refractivity contribution in [3.63, 3.8) is 0 Å². The molecule has 1 aliphatic heterocycles. The van der Waals surface area contributed by atoms with Gasteiger partial charge in [0.05, 0.1) is 5.36 Å². The molecule has 10 heteroatoms. The van der Waals surface area contributed by atoms with Gasteiger partial charge in [-0.15, -0.1) is 0 Å². The standard InChI is InChI=1S/C10H9BrN3O.BF4/c1-15-10(14-12)6-13-8-5-3-2-4-7(8)9(10)11;2-1(3,4)5/h2-5H,6H2,1H3;/q+1;-1. The fourth-order valence-electron chi connectivity index (χ4n) is 1.54. The maximum Gasteiger partial charge on any atom is 0.673 e. The van der Waals surface area contributed by atoms with Gasteiger partial charge in [0.25, 0.3) is 0 Å². The first-order valence-corrected chi connectivity index (χ1v) is 6.11. The largest absolute Gasteiger partial charge is 0.673 e. The third-order valence-corrected chi connectivity index (χ3v) is 3.49. The molecule has 0 saturated carbocycles. The second-order valence-corrected chi connectivity index (χ2v) is 4.52. The van der Waals surface area contributed by atoms with Crippen LogP contribution in [0.1, 0.15) is 0 Å². The Balaban J connectivity index is 0.000000347. The minimum Gasteiger partial charge on any atom is -0.418 e. The van der Waals surface area contributed by atoms with Gasteiger partial charge in [0.15, 0.2) is 11.5 Å². The quantitative estimate of drug-likeness (QED) is 0.442. The molecule has 1 aromatic carbocycles. The lowest BCUT2D eigenvalue weighted by molar-refractivity contribution is 0.0870. The zero-order valence-electron chi connectivity index (χ0n) is 10.2. The number of fused-ring (bicyclic) bond motifs is 1. The van der Waals surface area contributed by atoms with Crippen molar-refractivity contribution < 1.29 is 22.0 Å². The zero-order chi connectivity index (χ0) is 15.4. The molecule has 20 heavy (non-hydrogen) atoms. The zero-order valence-corrected chi connectivity index (χ0v) is 11.8. The van der Waals surface area contributed by atoms with E-state index in [1.807, 2.05) is 24.3 Å². The summed E-state index contributed by atoms with van der Waals surface area (Å²) in [6, 6.07) is 7.63. The maximum atomic E-state index is 9.75. The molecule has 0 fully saturated rings. The van der Waals surface area contributed by atoms with E-state index in [-0.39, 0.29) is 6.54 Å². The molecule has 0 bridgehead atoms. The van der Waals surface area contributed by atoms with Crippen LogP contribution in [0, 0.1) is 5.39 Å². The van der Waals surface area contributed by atoms with E-state index in [1.165, 1.54) is 7.11 Å². The highest BCUT2D eigenvalue weighted by molar-refractivity contribution is 9.15. The number of hydrogen-bond acceptors (Lipinski definition) is 3. The third-order valence-electron chi connectivity index (χ3n) is 2.45. The highest BCUT2D eigenvalue weighted by Crippen LogP contribution is 2.29. The number of rotatable bonds is 1. The normalized spacial score (nSPS) is 20.9. The fourth-order valence-corrected chi connectivity index (χ4v) is 2.24. The Morgan fingerprint density at radius 1 is 1.35 bits per heavy atom. The summed E-state index contributed by atoms with van der Waals surface area (Å²) in [5, 5.41) is 10.8. The van der Waals surface area contributed by atoms with Crippen molar-refractivity contribution >= 4 is 27.7 Å². The molecular formula is C10H9BBrF4N3O. The first-order valence-electron chi connectivity index (χ1n) is 5.32. The SMILES string of the molecule is COC1([N+]#N)CN=c2ccccc2=C1Br.F[B-](F)(F)F. The van der Waals surface area contributed by atoms with E-state index in [2.05, 4.69) is 25.9 Å². The van der Waals surface area contributed by atoms with Gasteiger partial charge in [-0.25, -0.2) is 0 Å². The molecule has 1 aliphatic rings. The number of diazo groups is 1. The van der Waals surface area contributed by atoms with Gasteiger partial charge in [-0.05, 0) is 22.0 Å². The molecule has 0 spiro atoms. The van der Waals surface area contributed by atoms with E-state index in [0.29, 0.717) is 4.48 Å². The van der Waals surface area contributed by atoms with E-state index in [0.717, 1.165) is 10.6 Å². The molecule has 0 saturated heterocycles. The van der Waals surface area contributed by atoms with Crippen molar-refractivity contribution in [1.82, 2.24) is 0 Å². The highest BCUT2D eigenvalue weighted by atomic mass is 79.9. The number of methoxy groups -OCH3 is 1. The van der Waals surface area contributed by atoms with Crippen molar-refractivity contribution in [1.29, 1.82) is 5.39 Å². The van der Waals surface area contributed by atoms with Crippen molar-refractivity contribution in [2.24, 2.45) is 4.99 Å². The van der Waals surface area contributed by atoms with Crippen molar-refractivity contribution in [2.45, 2.75) is 5.72 Å². The molecule has 0 amide bonds. The van der Waals surface area contributed by atoms with Crippen LogP contribution in [-0.4, -0.2) is 26.6 Å². The molecule has 0 aromatic heterocycles. The monoisotopic (exact) mass is 353 g/mol. The highest BCUT2D eigenvalue weighted by Gasteiger charge is 2.50. The number of ether oxygens (including phenoxy) is 1. The maximum absolute atomic E-state index is 9.75. The number of hydrogen-bond donors (Lipinski definition) is 0. The third kappa shape index (κ3) is 4.01. The summed E-state index contributed by atoms with van der Waals surface area (Å²) < 4.78 is 44.9. The number of nitrogens with zero attached hydrogens (tertiary/aromatic N) is 3. The lowest BCUT2D eigenvalue weighted by atomic mass is 10.1. The second kappa shape index (κ2) is 6.32. The molecule has 4 nitrogen and oxygen atoms in total. The van der Waals surface area contributed by atoms with Gasteiger partial charge < -0.3 is 17.3 Å². The summed E-state index contributed by atoms with van der Waals surface area (Å²) in [7, 11) is -4.51. The summed E-state index contributed by atoms with van der Waals surface area (Å²) in [4.78, 5) is 7.59. The number of benzene rings is 1. The average molecular weight is 354 g/mol. The lowest BCUT2D eigenvalue weighted by Crippen LogP contribution is -2.43. The molecule has 1 unspecified atom stereocenters. The van der Waals surface area contributed by atoms with Crippen LogP contribution < -0.4 is 10.6 Å². The van der Waals surface area contributed by atoms with Gasteiger partial charge in [-0.2, -0.15) is 0 Å². The van der Waals surface area contributed by atoms with Gasteiger partial charge in [-0.1, -0.05) is 18.2 Å². The molecule has 1 aromatic rings. The van der Waals surface area contributed by atoms with E-state index in [9.17, 15) is 17.3 Å². The number of para-hydroxylation sites is 1. The summed E-state index contributed by atoms with van der Waals surface area (Å²) in [6.45, 7) is 0.275. The van der Waals surface area contributed by atoms with Crippen LogP contribution in [0.5, 0.6) is 0 Å². The summed E-state index contributed by atoms with van der Waals surface area (Å²) >= 11 is 3.41. The van der Waals surface area contributed by atoms with Crippen molar-refractivity contribution in [3.05, 3.63) is 39.8 Å². The molecule has 0 aliphatic carbocycles. The van der Waals surface area contributed by atoms with E-state index in [4.69, 9.17) is 10.1 Å². The average Bonchev–Trinajstić information content (AvgIpc) is 2.38. The second-order valence-electron chi connectivity index (χ2n) is 3.73. The van der Waals surface area contributed by atoms with Crippen LogP contribution in [0.4, 0.5) is 17.3 Å². The van der Waals surface area contributed by atoms with Crippen molar-refractivity contribution in [2.75, 3.05) is 13.7 Å². The summed E-state index contributed by atoms with van der Waals surface area (Å²) in [5.41, 5.74) is -1.09. The molecule has 108 valence electrons. The molecule has 0 radical (unpaired) electrons. The Kier molecular flexibility index (Phi) is 5.24. The Hall–Kier alpha value is -1.47. The Labute approximate surface area is 120 Å². The van der Waals surface area contributed by atoms with Gasteiger partial charge in [0.1, 0.15) is 4.48 Å². The Bertz CT molecular complexity index is 639. The Morgan fingerprint density at radius 3 is 2.40 bits per heavy atom. The molecular weight excluding hydrogens is 345 g/mol. The van der Waals surface area contributed by atoms with Gasteiger partial charge in [0, 0.05) is 12.3 Å². The van der Waals surface area contributed by atoms with Crippen LogP contribution in [0.2, 0.25) is 0 Å². The van der Waals surface area contributed by atoms with E-state index >= 15 is 0 Å². The first-order chi connectivity index (χ1) is 9.23. The topological polar surface area (TPSA) is 49.7 Å². The van der Waals surface area contributed by atoms with E-state index < -0.39 is 13.0 Å².